The van der Waals surface area contributed by atoms with Gasteiger partial charge in [-0.1, -0.05) is 12.1 Å². The normalized spacial score (nSPS) is 28.1. The molecular formula is C18H26FNO3. The second kappa shape index (κ2) is 7.26. The zero-order chi connectivity index (χ0) is 16.3. The van der Waals surface area contributed by atoms with E-state index in [0.717, 1.165) is 44.5 Å². The van der Waals surface area contributed by atoms with Crippen LogP contribution in [-0.2, 0) is 11.2 Å². The minimum atomic E-state index is -0.696. The van der Waals surface area contributed by atoms with Gasteiger partial charge in [0.05, 0.1) is 18.3 Å². The molecule has 2 saturated heterocycles. The minimum absolute atomic E-state index is 0.202. The van der Waals surface area contributed by atoms with E-state index < -0.39 is 5.60 Å². The Hall–Kier alpha value is -1.01. The molecule has 0 saturated carbocycles. The first kappa shape index (κ1) is 16.8. The standard InChI is InChI=1S/C18H26FNO3/c19-16-3-1-14(2-4-16)10-18(22)5-7-20(8-6-18)11-17-9-15(12-21)13-23-17/h1-4,15,17,21-22H,5-13H2. The highest BCUT2D eigenvalue weighted by Gasteiger charge is 2.34. The summed E-state index contributed by atoms with van der Waals surface area (Å²) in [6.07, 6.45) is 3.15. The monoisotopic (exact) mass is 323 g/mol. The predicted octanol–water partition coefficient (Wildman–Crippen LogP) is 1.59. The number of nitrogens with zero attached hydrogens (tertiary/aromatic N) is 1. The summed E-state index contributed by atoms with van der Waals surface area (Å²) < 4.78 is 18.7. The van der Waals surface area contributed by atoms with Gasteiger partial charge in [0.2, 0.25) is 0 Å². The molecule has 128 valence electrons. The van der Waals surface area contributed by atoms with Crippen LogP contribution < -0.4 is 0 Å². The molecule has 0 amide bonds. The number of hydrogen-bond acceptors (Lipinski definition) is 4. The van der Waals surface area contributed by atoms with Crippen molar-refractivity contribution in [3.8, 4) is 0 Å². The third-order valence-electron chi connectivity index (χ3n) is 5.12. The number of aliphatic hydroxyl groups is 2. The summed E-state index contributed by atoms with van der Waals surface area (Å²) in [5.74, 6) is 0.0357. The molecule has 2 aliphatic heterocycles. The van der Waals surface area contributed by atoms with Crippen LogP contribution in [0.3, 0.4) is 0 Å². The molecule has 2 aliphatic rings. The van der Waals surface area contributed by atoms with Crippen molar-refractivity contribution in [2.24, 2.45) is 5.92 Å². The van der Waals surface area contributed by atoms with Crippen LogP contribution >= 0.6 is 0 Å². The minimum Gasteiger partial charge on any atom is -0.396 e. The second-order valence-corrected chi connectivity index (χ2v) is 7.07. The Kier molecular flexibility index (Phi) is 5.31. The molecule has 3 rings (SSSR count). The fourth-order valence-electron chi connectivity index (χ4n) is 3.63. The highest BCUT2D eigenvalue weighted by Crippen LogP contribution is 2.28. The molecule has 2 unspecified atom stereocenters. The Morgan fingerprint density at radius 2 is 1.91 bits per heavy atom. The lowest BCUT2D eigenvalue weighted by Crippen LogP contribution is -2.47. The Morgan fingerprint density at radius 1 is 1.22 bits per heavy atom. The fraction of sp³-hybridized carbons (Fsp3) is 0.667. The first-order chi connectivity index (χ1) is 11.1. The molecule has 0 aromatic heterocycles. The lowest BCUT2D eigenvalue weighted by molar-refractivity contribution is -0.0315. The molecule has 23 heavy (non-hydrogen) atoms. The maximum Gasteiger partial charge on any atom is 0.123 e. The van der Waals surface area contributed by atoms with Crippen LogP contribution in [-0.4, -0.2) is 59.7 Å². The van der Waals surface area contributed by atoms with E-state index in [0.29, 0.717) is 13.0 Å². The molecule has 2 heterocycles. The van der Waals surface area contributed by atoms with Gasteiger partial charge in [-0.3, -0.25) is 0 Å². The molecule has 0 bridgehead atoms. The van der Waals surface area contributed by atoms with E-state index in [9.17, 15) is 9.50 Å². The molecule has 0 aliphatic carbocycles. The predicted molar refractivity (Wildman–Crippen MR) is 85.7 cm³/mol. The van der Waals surface area contributed by atoms with E-state index in [2.05, 4.69) is 4.90 Å². The Balaban J connectivity index is 1.46. The largest absolute Gasteiger partial charge is 0.396 e. The fourth-order valence-corrected chi connectivity index (χ4v) is 3.63. The molecule has 2 N–H and O–H groups in total. The number of piperidine rings is 1. The van der Waals surface area contributed by atoms with Gasteiger partial charge in [0.25, 0.3) is 0 Å². The van der Waals surface area contributed by atoms with Gasteiger partial charge in [-0.05, 0) is 37.0 Å². The summed E-state index contributed by atoms with van der Waals surface area (Å²) in [5, 5.41) is 19.9. The summed E-state index contributed by atoms with van der Waals surface area (Å²) in [6, 6.07) is 6.40. The van der Waals surface area contributed by atoms with Crippen molar-refractivity contribution in [3.05, 3.63) is 35.6 Å². The molecule has 2 fully saturated rings. The molecule has 5 heteroatoms. The maximum absolute atomic E-state index is 13.0. The van der Waals surface area contributed by atoms with Crippen molar-refractivity contribution in [2.75, 3.05) is 32.8 Å². The Labute approximate surface area is 136 Å². The van der Waals surface area contributed by atoms with Gasteiger partial charge >= 0.3 is 0 Å². The number of ether oxygens (including phenoxy) is 1. The first-order valence-electron chi connectivity index (χ1n) is 8.48. The van der Waals surface area contributed by atoms with E-state index in [1.54, 1.807) is 12.1 Å². The van der Waals surface area contributed by atoms with E-state index in [1.165, 1.54) is 12.1 Å². The Bertz CT molecular complexity index is 499. The lowest BCUT2D eigenvalue weighted by atomic mass is 9.85. The van der Waals surface area contributed by atoms with Crippen LogP contribution in [0, 0.1) is 11.7 Å². The molecule has 1 aromatic carbocycles. The number of rotatable bonds is 5. The maximum atomic E-state index is 13.0. The number of likely N-dealkylation sites (tertiary alicyclic amines) is 1. The molecule has 0 radical (unpaired) electrons. The number of benzene rings is 1. The van der Waals surface area contributed by atoms with E-state index in [1.807, 2.05) is 0 Å². The smallest absolute Gasteiger partial charge is 0.123 e. The number of aliphatic hydroxyl groups excluding tert-OH is 1. The molecule has 4 nitrogen and oxygen atoms in total. The van der Waals surface area contributed by atoms with E-state index in [4.69, 9.17) is 9.84 Å². The SMILES string of the molecule is OCC1COC(CN2CCC(O)(Cc3ccc(F)cc3)CC2)C1. The molecular weight excluding hydrogens is 297 g/mol. The lowest BCUT2D eigenvalue weighted by Gasteiger charge is -2.39. The van der Waals surface area contributed by atoms with Crippen LogP contribution in [0.2, 0.25) is 0 Å². The third kappa shape index (κ3) is 4.51. The van der Waals surface area contributed by atoms with Gasteiger partial charge in [-0.2, -0.15) is 0 Å². The Morgan fingerprint density at radius 3 is 2.52 bits per heavy atom. The van der Waals surface area contributed by atoms with Gasteiger partial charge in [0, 0.05) is 38.6 Å². The number of hydrogen-bond donors (Lipinski definition) is 2. The quantitative estimate of drug-likeness (QED) is 0.864. The third-order valence-corrected chi connectivity index (χ3v) is 5.12. The zero-order valence-electron chi connectivity index (χ0n) is 13.5. The summed E-state index contributed by atoms with van der Waals surface area (Å²) >= 11 is 0. The van der Waals surface area contributed by atoms with Crippen LogP contribution in [0.1, 0.15) is 24.8 Å². The van der Waals surface area contributed by atoms with E-state index >= 15 is 0 Å². The van der Waals surface area contributed by atoms with Crippen molar-refractivity contribution in [1.82, 2.24) is 4.90 Å². The topological polar surface area (TPSA) is 52.9 Å². The average molecular weight is 323 g/mol. The first-order valence-corrected chi connectivity index (χ1v) is 8.48. The van der Waals surface area contributed by atoms with Crippen LogP contribution in [0.25, 0.3) is 0 Å². The molecule has 0 spiro atoms. The van der Waals surface area contributed by atoms with Gasteiger partial charge < -0.3 is 19.8 Å². The number of halogens is 1. The van der Waals surface area contributed by atoms with Gasteiger partial charge in [0.1, 0.15) is 5.82 Å². The van der Waals surface area contributed by atoms with Gasteiger partial charge in [-0.25, -0.2) is 4.39 Å². The van der Waals surface area contributed by atoms with Gasteiger partial charge in [-0.15, -0.1) is 0 Å². The summed E-state index contributed by atoms with van der Waals surface area (Å²) in [5.41, 5.74) is 0.283. The average Bonchev–Trinajstić information content (AvgIpc) is 3.00. The van der Waals surface area contributed by atoms with Crippen molar-refractivity contribution >= 4 is 0 Å². The van der Waals surface area contributed by atoms with Crippen LogP contribution in [0.15, 0.2) is 24.3 Å². The zero-order valence-corrected chi connectivity index (χ0v) is 13.5. The van der Waals surface area contributed by atoms with Crippen molar-refractivity contribution in [2.45, 2.75) is 37.4 Å². The highest BCUT2D eigenvalue weighted by molar-refractivity contribution is 5.18. The van der Waals surface area contributed by atoms with Crippen molar-refractivity contribution in [1.29, 1.82) is 0 Å². The van der Waals surface area contributed by atoms with Crippen molar-refractivity contribution in [3.63, 3.8) is 0 Å². The summed E-state index contributed by atoms with van der Waals surface area (Å²) in [6.45, 7) is 3.43. The van der Waals surface area contributed by atoms with Crippen LogP contribution in [0.4, 0.5) is 4.39 Å². The highest BCUT2D eigenvalue weighted by atomic mass is 19.1. The van der Waals surface area contributed by atoms with E-state index in [-0.39, 0.29) is 24.4 Å². The second-order valence-electron chi connectivity index (χ2n) is 7.07. The van der Waals surface area contributed by atoms with Gasteiger partial charge in [0.15, 0.2) is 0 Å². The summed E-state index contributed by atoms with van der Waals surface area (Å²) in [4.78, 5) is 2.34. The van der Waals surface area contributed by atoms with Crippen LogP contribution in [0.5, 0.6) is 0 Å². The molecule has 2 atom stereocenters. The summed E-state index contributed by atoms with van der Waals surface area (Å²) in [7, 11) is 0. The molecule has 1 aromatic rings. The van der Waals surface area contributed by atoms with Crippen molar-refractivity contribution < 1.29 is 19.3 Å².